The number of rotatable bonds is 4. The van der Waals surface area contributed by atoms with E-state index in [0.29, 0.717) is 16.9 Å². The highest BCUT2D eigenvalue weighted by atomic mass is 32.2. The van der Waals surface area contributed by atoms with Crippen LogP contribution in [0.15, 0.2) is 76.9 Å². The molecule has 0 unspecified atom stereocenters. The first kappa shape index (κ1) is 16.9. The topological polar surface area (TPSA) is 113 Å². The fraction of sp³-hybridized carbons (Fsp3) is 0. The Kier molecular flexibility index (Phi) is 4.13. The second-order valence-electron chi connectivity index (χ2n) is 5.63. The Morgan fingerprint density at radius 2 is 1.63 bits per heavy atom. The SMILES string of the molecule is O=C1Nc2ccccc2C1=Nc1ccc(S(=O)(=O)Nc2ncccn2)cc1. The average molecular weight is 379 g/mol. The third-order valence-corrected chi connectivity index (χ3v) is 5.17. The van der Waals surface area contributed by atoms with Crippen LogP contribution in [0.3, 0.4) is 0 Å². The van der Waals surface area contributed by atoms with Crippen molar-refractivity contribution in [2.45, 2.75) is 4.90 Å². The van der Waals surface area contributed by atoms with Gasteiger partial charge in [0.2, 0.25) is 5.95 Å². The number of fused-ring (bicyclic) bond motifs is 1. The van der Waals surface area contributed by atoms with Crippen LogP contribution >= 0.6 is 0 Å². The summed E-state index contributed by atoms with van der Waals surface area (Å²) in [6, 6.07) is 14.7. The second-order valence-corrected chi connectivity index (χ2v) is 7.31. The van der Waals surface area contributed by atoms with Crippen LogP contribution in [0.4, 0.5) is 17.3 Å². The minimum atomic E-state index is -3.82. The zero-order valence-corrected chi connectivity index (χ0v) is 14.6. The molecule has 1 amide bonds. The van der Waals surface area contributed by atoms with Crippen molar-refractivity contribution in [3.05, 3.63) is 72.6 Å². The molecule has 0 radical (unpaired) electrons. The maximum atomic E-state index is 12.4. The molecule has 27 heavy (non-hydrogen) atoms. The van der Waals surface area contributed by atoms with E-state index in [1.54, 1.807) is 18.2 Å². The van der Waals surface area contributed by atoms with E-state index in [4.69, 9.17) is 0 Å². The molecular weight excluding hydrogens is 366 g/mol. The van der Waals surface area contributed by atoms with Gasteiger partial charge in [-0.2, -0.15) is 0 Å². The van der Waals surface area contributed by atoms with Crippen LogP contribution in [-0.4, -0.2) is 30.0 Å². The third-order valence-electron chi connectivity index (χ3n) is 3.82. The minimum Gasteiger partial charge on any atom is -0.320 e. The lowest BCUT2D eigenvalue weighted by Gasteiger charge is -2.06. The number of anilines is 2. The number of aromatic nitrogens is 2. The molecule has 2 N–H and O–H groups in total. The molecule has 0 spiro atoms. The number of nitrogens with one attached hydrogen (secondary N) is 2. The molecule has 3 aromatic rings. The predicted octanol–water partition coefficient (Wildman–Crippen LogP) is 2.35. The summed E-state index contributed by atoms with van der Waals surface area (Å²) in [6.07, 6.45) is 2.88. The second kappa shape index (κ2) is 6.61. The van der Waals surface area contributed by atoms with Gasteiger partial charge in [-0.1, -0.05) is 18.2 Å². The van der Waals surface area contributed by atoms with Gasteiger partial charge in [0, 0.05) is 18.0 Å². The van der Waals surface area contributed by atoms with Crippen molar-refractivity contribution in [1.29, 1.82) is 0 Å². The van der Waals surface area contributed by atoms with Gasteiger partial charge in [0.15, 0.2) is 0 Å². The molecule has 0 atom stereocenters. The highest BCUT2D eigenvalue weighted by Crippen LogP contribution is 2.26. The van der Waals surface area contributed by atoms with Crippen molar-refractivity contribution in [1.82, 2.24) is 9.97 Å². The van der Waals surface area contributed by atoms with Gasteiger partial charge in [0.05, 0.1) is 16.3 Å². The van der Waals surface area contributed by atoms with E-state index in [-0.39, 0.29) is 22.5 Å². The molecule has 1 aromatic heterocycles. The molecule has 0 aliphatic carbocycles. The van der Waals surface area contributed by atoms with Gasteiger partial charge in [0.25, 0.3) is 15.9 Å². The molecule has 1 aliphatic heterocycles. The van der Waals surface area contributed by atoms with Crippen LogP contribution in [-0.2, 0) is 14.8 Å². The van der Waals surface area contributed by atoms with E-state index >= 15 is 0 Å². The molecule has 8 nitrogen and oxygen atoms in total. The average Bonchev–Trinajstić information content (AvgIpc) is 2.98. The maximum absolute atomic E-state index is 12.4. The first-order valence-electron chi connectivity index (χ1n) is 7.92. The normalized spacial score (nSPS) is 14.7. The summed E-state index contributed by atoms with van der Waals surface area (Å²) in [6.45, 7) is 0. The zero-order valence-electron chi connectivity index (χ0n) is 13.8. The number of carbonyl (C=O) groups is 1. The summed E-state index contributed by atoms with van der Waals surface area (Å²) in [5.41, 5.74) is 2.17. The van der Waals surface area contributed by atoms with Gasteiger partial charge < -0.3 is 5.32 Å². The number of hydrogen-bond acceptors (Lipinski definition) is 6. The molecule has 4 rings (SSSR count). The zero-order chi connectivity index (χ0) is 18.9. The van der Waals surface area contributed by atoms with Crippen molar-refractivity contribution in [2.24, 2.45) is 4.99 Å². The molecule has 0 saturated heterocycles. The molecule has 0 fully saturated rings. The predicted molar refractivity (Wildman–Crippen MR) is 101 cm³/mol. The number of para-hydroxylation sites is 1. The van der Waals surface area contributed by atoms with E-state index < -0.39 is 10.0 Å². The first-order chi connectivity index (χ1) is 13.0. The van der Waals surface area contributed by atoms with Crippen LogP contribution in [0.25, 0.3) is 0 Å². The fourth-order valence-electron chi connectivity index (χ4n) is 2.57. The van der Waals surface area contributed by atoms with Gasteiger partial charge in [-0.25, -0.2) is 28.1 Å². The Labute approximate surface area is 155 Å². The van der Waals surface area contributed by atoms with Crippen LogP contribution < -0.4 is 10.0 Å². The third kappa shape index (κ3) is 3.40. The molecular formula is C18H13N5O3S. The molecule has 2 aromatic carbocycles. The number of hydrogen-bond donors (Lipinski definition) is 2. The van der Waals surface area contributed by atoms with Crippen molar-refractivity contribution < 1.29 is 13.2 Å². The summed E-state index contributed by atoms with van der Waals surface area (Å²) in [4.78, 5) is 24.2. The van der Waals surface area contributed by atoms with E-state index in [1.807, 2.05) is 12.1 Å². The number of nitrogens with zero attached hydrogens (tertiary/aromatic N) is 3. The van der Waals surface area contributed by atoms with Crippen LogP contribution in [0.1, 0.15) is 5.56 Å². The molecule has 9 heteroatoms. The summed E-state index contributed by atoms with van der Waals surface area (Å²) < 4.78 is 27.1. The number of benzene rings is 2. The van der Waals surface area contributed by atoms with Crippen LogP contribution in [0, 0.1) is 0 Å². The Morgan fingerprint density at radius 3 is 2.37 bits per heavy atom. The Morgan fingerprint density at radius 1 is 0.926 bits per heavy atom. The number of aliphatic imine (C=N–C) groups is 1. The summed E-state index contributed by atoms with van der Waals surface area (Å²) in [5.74, 6) is -0.308. The van der Waals surface area contributed by atoms with Crippen molar-refractivity contribution in [2.75, 3.05) is 10.0 Å². The van der Waals surface area contributed by atoms with Gasteiger partial charge >= 0.3 is 0 Å². The number of sulfonamides is 1. The Bertz CT molecular complexity index is 1140. The van der Waals surface area contributed by atoms with Gasteiger partial charge in [-0.3, -0.25) is 4.79 Å². The lowest BCUT2D eigenvalue weighted by molar-refractivity contribution is -0.110. The van der Waals surface area contributed by atoms with E-state index in [9.17, 15) is 13.2 Å². The summed E-state index contributed by atoms with van der Waals surface area (Å²) >= 11 is 0. The van der Waals surface area contributed by atoms with Gasteiger partial charge in [-0.15, -0.1) is 0 Å². The molecule has 0 saturated carbocycles. The van der Waals surface area contributed by atoms with Crippen LogP contribution in [0.2, 0.25) is 0 Å². The standard InChI is InChI=1S/C18H13N5O3S/c24-17-16(14-4-1-2-5-15(14)22-17)21-12-6-8-13(9-7-12)27(25,26)23-18-19-10-3-11-20-18/h1-11H,(H,19,20,23)(H,21,22,24). The smallest absolute Gasteiger partial charge is 0.275 e. The quantitative estimate of drug-likeness (QED) is 0.722. The maximum Gasteiger partial charge on any atom is 0.275 e. The Balaban J connectivity index is 1.61. The van der Waals surface area contributed by atoms with Crippen LogP contribution in [0.5, 0.6) is 0 Å². The number of carbonyl (C=O) groups excluding carboxylic acids is 1. The van der Waals surface area contributed by atoms with Gasteiger partial charge in [0.1, 0.15) is 5.71 Å². The Hall–Kier alpha value is -3.59. The molecule has 0 bridgehead atoms. The van der Waals surface area contributed by atoms with Gasteiger partial charge in [-0.05, 0) is 36.4 Å². The molecule has 1 aliphatic rings. The lowest BCUT2D eigenvalue weighted by Crippen LogP contribution is -2.15. The fourth-order valence-corrected chi connectivity index (χ4v) is 3.53. The molecule has 134 valence electrons. The highest BCUT2D eigenvalue weighted by Gasteiger charge is 2.25. The molecule has 2 heterocycles. The monoisotopic (exact) mass is 379 g/mol. The first-order valence-corrected chi connectivity index (χ1v) is 9.41. The van der Waals surface area contributed by atoms with Crippen molar-refractivity contribution in [3.63, 3.8) is 0 Å². The highest BCUT2D eigenvalue weighted by molar-refractivity contribution is 7.92. The van der Waals surface area contributed by atoms with E-state index in [2.05, 4.69) is 25.0 Å². The number of amides is 1. The van der Waals surface area contributed by atoms with Crippen molar-refractivity contribution in [3.8, 4) is 0 Å². The van der Waals surface area contributed by atoms with E-state index in [0.717, 1.165) is 0 Å². The summed E-state index contributed by atoms with van der Waals surface area (Å²) in [7, 11) is -3.82. The van der Waals surface area contributed by atoms with E-state index in [1.165, 1.54) is 36.7 Å². The summed E-state index contributed by atoms with van der Waals surface area (Å²) in [5, 5.41) is 2.74. The van der Waals surface area contributed by atoms with Crippen molar-refractivity contribution >= 4 is 39.0 Å². The lowest BCUT2D eigenvalue weighted by atomic mass is 10.1. The largest absolute Gasteiger partial charge is 0.320 e. The minimum absolute atomic E-state index is 0.0129.